The lowest BCUT2D eigenvalue weighted by Gasteiger charge is -2.71. The lowest BCUT2D eigenvalue weighted by atomic mass is 9.31. The summed E-state index contributed by atoms with van der Waals surface area (Å²) in [4.78, 5) is 41.0. The number of ketones is 2. The van der Waals surface area contributed by atoms with Gasteiger partial charge in [-0.3, -0.25) is 14.4 Å². The van der Waals surface area contributed by atoms with Crippen LogP contribution in [0.15, 0.2) is 11.6 Å². The van der Waals surface area contributed by atoms with Crippen LogP contribution in [0.1, 0.15) is 99.8 Å². The van der Waals surface area contributed by atoms with Gasteiger partial charge in [-0.15, -0.1) is 0 Å². The van der Waals surface area contributed by atoms with E-state index in [1.807, 2.05) is 19.9 Å². The molecule has 5 aliphatic carbocycles. The minimum absolute atomic E-state index is 0.00663. The molecule has 202 valence electrons. The van der Waals surface area contributed by atoms with Crippen molar-refractivity contribution in [2.75, 3.05) is 7.11 Å². The Bertz CT molecular complexity index is 1140. The van der Waals surface area contributed by atoms with Crippen LogP contribution >= 0.6 is 0 Å². The van der Waals surface area contributed by atoms with Crippen LogP contribution in [0.5, 0.6) is 0 Å². The number of esters is 1. The summed E-state index contributed by atoms with van der Waals surface area (Å²) in [5, 5.41) is 9.88. The molecule has 0 heterocycles. The van der Waals surface area contributed by atoms with E-state index in [0.717, 1.165) is 44.9 Å². The number of hydrogen-bond donors (Lipinski definition) is 0. The third-order valence-corrected chi connectivity index (χ3v) is 13.1. The van der Waals surface area contributed by atoms with E-state index < -0.39 is 16.2 Å². The molecule has 4 fully saturated rings. The van der Waals surface area contributed by atoms with Crippen molar-refractivity contribution < 1.29 is 19.1 Å². The number of nitriles is 1. The molecule has 4 saturated carbocycles. The quantitative estimate of drug-likeness (QED) is 0.380. The molecular formula is C32H45NO4. The third kappa shape index (κ3) is 3.17. The van der Waals surface area contributed by atoms with Gasteiger partial charge in [0.2, 0.25) is 0 Å². The van der Waals surface area contributed by atoms with E-state index in [0.29, 0.717) is 6.42 Å². The number of rotatable bonds is 1. The zero-order valence-corrected chi connectivity index (χ0v) is 24.1. The number of allylic oxidation sites excluding steroid dienone is 2. The molecule has 5 nitrogen and oxygen atoms in total. The molecule has 0 aromatic heterocycles. The van der Waals surface area contributed by atoms with Crippen molar-refractivity contribution in [1.29, 1.82) is 5.26 Å². The third-order valence-electron chi connectivity index (χ3n) is 13.1. The molecule has 5 aliphatic rings. The monoisotopic (exact) mass is 507 g/mol. The van der Waals surface area contributed by atoms with Gasteiger partial charge in [-0.1, -0.05) is 54.5 Å². The number of ether oxygens (including phenoxy) is 1. The predicted molar refractivity (Wildman–Crippen MR) is 141 cm³/mol. The molecule has 0 amide bonds. The first-order valence-electron chi connectivity index (χ1n) is 14.3. The number of carbonyl (C=O) groups excluding carboxylic acids is 3. The molecule has 0 spiro atoms. The highest BCUT2D eigenvalue weighted by Crippen LogP contribution is 2.75. The molecule has 37 heavy (non-hydrogen) atoms. The van der Waals surface area contributed by atoms with Gasteiger partial charge in [0.05, 0.1) is 18.1 Å². The zero-order chi connectivity index (χ0) is 27.4. The lowest BCUT2D eigenvalue weighted by molar-refractivity contribution is -0.226. The van der Waals surface area contributed by atoms with Gasteiger partial charge in [-0.25, -0.2) is 0 Å². The Kier molecular flexibility index (Phi) is 5.61. The van der Waals surface area contributed by atoms with Gasteiger partial charge in [-0.2, -0.15) is 5.26 Å². The maximum absolute atomic E-state index is 14.4. The second-order valence-corrected chi connectivity index (χ2v) is 15.3. The number of carbonyl (C=O) groups is 3. The Morgan fingerprint density at radius 1 is 0.946 bits per heavy atom. The molecule has 0 saturated heterocycles. The molecule has 0 bridgehead atoms. The minimum atomic E-state index is -0.628. The van der Waals surface area contributed by atoms with Crippen LogP contribution < -0.4 is 0 Å². The van der Waals surface area contributed by atoms with E-state index >= 15 is 0 Å². The van der Waals surface area contributed by atoms with Gasteiger partial charge in [-0.05, 0) is 84.4 Å². The zero-order valence-electron chi connectivity index (χ0n) is 24.1. The largest absolute Gasteiger partial charge is 0.469 e. The van der Waals surface area contributed by atoms with Crippen LogP contribution in [-0.2, 0) is 19.1 Å². The van der Waals surface area contributed by atoms with Gasteiger partial charge in [0, 0.05) is 17.8 Å². The highest BCUT2D eigenvalue weighted by molar-refractivity contribution is 6.04. The van der Waals surface area contributed by atoms with E-state index in [2.05, 4.69) is 40.7 Å². The maximum atomic E-state index is 14.4. The van der Waals surface area contributed by atoms with Crippen LogP contribution in [-0.4, -0.2) is 24.6 Å². The first-order valence-corrected chi connectivity index (χ1v) is 14.3. The Hall–Kier alpha value is -1.96. The van der Waals surface area contributed by atoms with Gasteiger partial charge in [0.15, 0.2) is 5.78 Å². The summed E-state index contributed by atoms with van der Waals surface area (Å²) in [6.45, 7) is 15.5. The standard InChI is InChI=1S/C32H45NO4/c1-27(2)11-13-32(26(36)37-8)14-12-31(7)24(20(32)17-27)21(34)15-23-29(5)16-19(18-33)25(35)28(3,4)22(29)9-10-30(23,31)6/h16,20,22-24H,9-15,17H2,1-8H3/t20-,22-,23+,24-,29-,30+,31+,32-/m0/s1. The number of fused-ring (bicyclic) bond motifs is 7. The van der Waals surface area contributed by atoms with Crippen molar-refractivity contribution in [2.45, 2.75) is 99.8 Å². The van der Waals surface area contributed by atoms with Crippen molar-refractivity contribution in [1.82, 2.24) is 0 Å². The Morgan fingerprint density at radius 3 is 2.22 bits per heavy atom. The number of methoxy groups -OCH3 is 1. The van der Waals surface area contributed by atoms with Gasteiger partial charge in [0.1, 0.15) is 11.9 Å². The molecule has 0 radical (unpaired) electrons. The van der Waals surface area contributed by atoms with Crippen molar-refractivity contribution in [3.8, 4) is 6.07 Å². The van der Waals surface area contributed by atoms with Gasteiger partial charge < -0.3 is 4.74 Å². The summed E-state index contributed by atoms with van der Waals surface area (Å²) >= 11 is 0. The average molecular weight is 508 g/mol. The fourth-order valence-corrected chi connectivity index (χ4v) is 10.9. The highest BCUT2D eigenvalue weighted by atomic mass is 16.5. The summed E-state index contributed by atoms with van der Waals surface area (Å²) in [5.41, 5.74) is -1.63. The second-order valence-electron chi connectivity index (χ2n) is 15.3. The fraction of sp³-hybridized carbons (Fsp3) is 0.812. The highest BCUT2D eigenvalue weighted by Gasteiger charge is 2.73. The lowest BCUT2D eigenvalue weighted by Crippen LogP contribution is -2.69. The molecule has 0 aliphatic heterocycles. The summed E-state index contributed by atoms with van der Waals surface area (Å²) in [6, 6.07) is 2.20. The fourth-order valence-electron chi connectivity index (χ4n) is 10.9. The summed E-state index contributed by atoms with van der Waals surface area (Å²) in [5.74, 6) is 0.0839. The Morgan fingerprint density at radius 2 is 1.59 bits per heavy atom. The first-order chi connectivity index (χ1) is 17.0. The van der Waals surface area contributed by atoms with Crippen LogP contribution in [0.25, 0.3) is 0 Å². The van der Waals surface area contributed by atoms with E-state index in [4.69, 9.17) is 4.74 Å². The van der Waals surface area contributed by atoms with Gasteiger partial charge >= 0.3 is 5.97 Å². The van der Waals surface area contributed by atoms with E-state index in [9.17, 15) is 19.6 Å². The number of nitrogens with zero attached hydrogens (tertiary/aromatic N) is 1. The van der Waals surface area contributed by atoms with Crippen molar-refractivity contribution in [2.24, 2.45) is 56.2 Å². The molecule has 5 heteroatoms. The Labute approximate surface area is 222 Å². The van der Waals surface area contributed by atoms with Crippen molar-refractivity contribution in [3.63, 3.8) is 0 Å². The van der Waals surface area contributed by atoms with E-state index in [-0.39, 0.29) is 63.0 Å². The molecule has 0 unspecified atom stereocenters. The van der Waals surface area contributed by atoms with Crippen LogP contribution in [0.4, 0.5) is 0 Å². The summed E-state index contributed by atoms with van der Waals surface area (Å²) in [6.07, 6.45) is 8.52. The minimum Gasteiger partial charge on any atom is -0.469 e. The van der Waals surface area contributed by atoms with Crippen LogP contribution in [0, 0.1) is 67.5 Å². The average Bonchev–Trinajstić information content (AvgIpc) is 2.82. The molecule has 0 N–H and O–H groups in total. The molecule has 8 atom stereocenters. The Balaban J connectivity index is 1.65. The predicted octanol–water partition coefficient (Wildman–Crippen LogP) is 6.46. The SMILES string of the molecule is COC(=O)[C@]12CCC(C)(C)C[C@H]1[C@H]1C(=O)C[C@@H]3[C@@]4(C)C=C(C#N)C(=O)C(C)(C)[C@@H]4CC[C@@]3(C)[C@]1(C)CC2. The summed E-state index contributed by atoms with van der Waals surface area (Å²) in [7, 11) is 1.50. The molecule has 0 aromatic rings. The number of hydrogen-bond acceptors (Lipinski definition) is 5. The van der Waals surface area contributed by atoms with Gasteiger partial charge in [0.25, 0.3) is 0 Å². The van der Waals surface area contributed by atoms with Crippen molar-refractivity contribution >= 4 is 17.5 Å². The summed E-state index contributed by atoms with van der Waals surface area (Å²) < 4.78 is 5.42. The maximum Gasteiger partial charge on any atom is 0.312 e. The van der Waals surface area contributed by atoms with Crippen LogP contribution in [0.2, 0.25) is 0 Å². The van der Waals surface area contributed by atoms with E-state index in [1.54, 1.807) is 0 Å². The molecule has 5 rings (SSSR count). The van der Waals surface area contributed by atoms with Crippen molar-refractivity contribution in [3.05, 3.63) is 11.6 Å². The number of Topliss-reactive ketones (excluding diaryl/α,β-unsaturated/α-hetero) is 2. The molecule has 0 aromatic carbocycles. The van der Waals surface area contributed by atoms with E-state index in [1.165, 1.54) is 7.11 Å². The first kappa shape index (κ1) is 26.6. The topological polar surface area (TPSA) is 84.2 Å². The normalized spacial score (nSPS) is 47.8. The van der Waals surface area contributed by atoms with Crippen LogP contribution in [0.3, 0.4) is 0 Å². The second kappa shape index (κ2) is 7.80. The molecular weight excluding hydrogens is 462 g/mol. The smallest absolute Gasteiger partial charge is 0.312 e.